The van der Waals surface area contributed by atoms with Crippen LogP contribution in [0.25, 0.3) is 0 Å². The van der Waals surface area contributed by atoms with Crippen LogP contribution in [0.4, 0.5) is 0 Å². The molecule has 0 atom stereocenters. The molecule has 0 aromatic heterocycles. The number of methoxy groups -OCH3 is 1. The first-order chi connectivity index (χ1) is 14.4. The highest BCUT2D eigenvalue weighted by Crippen LogP contribution is 2.18. The summed E-state index contributed by atoms with van der Waals surface area (Å²) in [4.78, 5) is 4.71. The average Bonchev–Trinajstić information content (AvgIpc) is 2.75. The molecule has 8 nitrogen and oxygen atoms in total. The Bertz CT molecular complexity index is 751. The number of guanidine groups is 1. The molecule has 2 N–H and O–H groups in total. The van der Waals surface area contributed by atoms with Gasteiger partial charge in [-0.25, -0.2) is 17.7 Å². The van der Waals surface area contributed by atoms with Crippen molar-refractivity contribution in [1.82, 2.24) is 14.9 Å². The van der Waals surface area contributed by atoms with Crippen LogP contribution in [0.2, 0.25) is 0 Å². The molecule has 0 bridgehead atoms. The zero-order valence-corrected chi connectivity index (χ0v) is 21.9. The van der Waals surface area contributed by atoms with Crippen molar-refractivity contribution in [3.63, 3.8) is 0 Å². The number of halogens is 1. The minimum atomic E-state index is -3.09. The van der Waals surface area contributed by atoms with E-state index in [0.717, 1.165) is 62.8 Å². The molecule has 0 radical (unpaired) electrons. The molecule has 10 heteroatoms. The largest absolute Gasteiger partial charge is 0.497 e. The molecule has 31 heavy (non-hydrogen) atoms. The summed E-state index contributed by atoms with van der Waals surface area (Å²) >= 11 is 0. The normalized spacial score (nSPS) is 15.9. The van der Waals surface area contributed by atoms with Crippen LogP contribution in [0.3, 0.4) is 0 Å². The van der Waals surface area contributed by atoms with E-state index in [1.807, 2.05) is 31.2 Å². The second-order valence-electron chi connectivity index (χ2n) is 7.48. The molecule has 0 unspecified atom stereocenters. The molecule has 1 saturated heterocycles. The number of aliphatic imine (C=N–C) groups is 1. The summed E-state index contributed by atoms with van der Waals surface area (Å²) in [5.41, 5.74) is 1.10. The van der Waals surface area contributed by atoms with Gasteiger partial charge in [0.15, 0.2) is 5.96 Å². The van der Waals surface area contributed by atoms with Crippen LogP contribution >= 0.6 is 24.0 Å². The monoisotopic (exact) mass is 568 g/mol. The smallest absolute Gasteiger partial charge is 0.211 e. The molecular formula is C21H37IN4O4S. The molecule has 2 rings (SSSR count). The van der Waals surface area contributed by atoms with E-state index in [1.54, 1.807) is 11.4 Å². The summed E-state index contributed by atoms with van der Waals surface area (Å²) in [5, 5.41) is 6.80. The van der Waals surface area contributed by atoms with E-state index in [0.29, 0.717) is 25.6 Å². The summed E-state index contributed by atoms with van der Waals surface area (Å²) < 4.78 is 35.5. The fourth-order valence-electron chi connectivity index (χ4n) is 3.29. The Kier molecular flexibility index (Phi) is 13.4. The number of rotatable bonds is 11. The Balaban J connectivity index is 0.00000480. The number of benzene rings is 1. The van der Waals surface area contributed by atoms with Crippen molar-refractivity contribution in [1.29, 1.82) is 0 Å². The molecule has 0 aliphatic carbocycles. The van der Waals surface area contributed by atoms with Crippen LogP contribution in [-0.2, 0) is 21.3 Å². The SMILES string of the molecule is CCOCCCNC(=NCc1ccc(OC)cc1)NCC1CCN(S(C)(=O)=O)CC1.I. The molecule has 0 amide bonds. The van der Waals surface area contributed by atoms with Gasteiger partial charge in [0.1, 0.15) is 5.75 Å². The van der Waals surface area contributed by atoms with E-state index in [4.69, 9.17) is 14.5 Å². The van der Waals surface area contributed by atoms with Gasteiger partial charge in [0.2, 0.25) is 10.0 Å². The van der Waals surface area contributed by atoms with Crippen molar-refractivity contribution in [3.8, 4) is 5.75 Å². The molecule has 1 aromatic carbocycles. The molecule has 1 aliphatic heterocycles. The lowest BCUT2D eigenvalue weighted by atomic mass is 9.98. The van der Waals surface area contributed by atoms with Crippen molar-refractivity contribution in [3.05, 3.63) is 29.8 Å². The van der Waals surface area contributed by atoms with Crippen LogP contribution in [-0.4, -0.2) is 71.4 Å². The Morgan fingerprint density at radius 3 is 2.45 bits per heavy atom. The second-order valence-corrected chi connectivity index (χ2v) is 9.46. The van der Waals surface area contributed by atoms with Gasteiger partial charge >= 0.3 is 0 Å². The second kappa shape index (κ2) is 14.9. The van der Waals surface area contributed by atoms with Crippen LogP contribution in [0, 0.1) is 5.92 Å². The van der Waals surface area contributed by atoms with E-state index < -0.39 is 10.0 Å². The number of ether oxygens (including phenoxy) is 2. The zero-order chi connectivity index (χ0) is 21.8. The fourth-order valence-corrected chi connectivity index (χ4v) is 4.16. The Hall–Kier alpha value is -1.11. The molecule has 178 valence electrons. The van der Waals surface area contributed by atoms with E-state index in [1.165, 1.54) is 6.26 Å². The number of piperidine rings is 1. The molecule has 1 heterocycles. The van der Waals surface area contributed by atoms with Gasteiger partial charge < -0.3 is 20.1 Å². The predicted octanol–water partition coefficient (Wildman–Crippen LogP) is 2.45. The van der Waals surface area contributed by atoms with Gasteiger partial charge in [-0.1, -0.05) is 12.1 Å². The molecular weight excluding hydrogens is 531 g/mol. The molecule has 0 saturated carbocycles. The third-order valence-electron chi connectivity index (χ3n) is 5.14. The maximum atomic E-state index is 11.7. The highest BCUT2D eigenvalue weighted by atomic mass is 127. The third kappa shape index (κ3) is 10.8. The number of nitrogens with zero attached hydrogens (tertiary/aromatic N) is 2. The minimum Gasteiger partial charge on any atom is -0.497 e. The molecule has 1 aliphatic rings. The topological polar surface area (TPSA) is 92.3 Å². The number of nitrogens with one attached hydrogen (secondary N) is 2. The van der Waals surface area contributed by atoms with E-state index in [-0.39, 0.29) is 24.0 Å². The lowest BCUT2D eigenvalue weighted by Gasteiger charge is -2.30. The fraction of sp³-hybridized carbons (Fsp3) is 0.667. The van der Waals surface area contributed by atoms with Crippen LogP contribution in [0.5, 0.6) is 5.75 Å². The van der Waals surface area contributed by atoms with Crippen molar-refractivity contribution in [2.24, 2.45) is 10.9 Å². The van der Waals surface area contributed by atoms with Gasteiger partial charge in [0.25, 0.3) is 0 Å². The molecule has 1 aromatic rings. The van der Waals surface area contributed by atoms with Gasteiger partial charge in [0.05, 0.1) is 19.9 Å². The summed E-state index contributed by atoms with van der Waals surface area (Å²) in [7, 11) is -1.43. The van der Waals surface area contributed by atoms with E-state index >= 15 is 0 Å². The van der Waals surface area contributed by atoms with E-state index in [9.17, 15) is 8.42 Å². The maximum absolute atomic E-state index is 11.7. The van der Waals surface area contributed by atoms with Gasteiger partial charge in [0, 0.05) is 39.4 Å². The van der Waals surface area contributed by atoms with Crippen molar-refractivity contribution in [2.45, 2.75) is 32.7 Å². The summed E-state index contributed by atoms with van der Waals surface area (Å²) in [5.74, 6) is 2.03. The highest BCUT2D eigenvalue weighted by molar-refractivity contribution is 14.0. The first-order valence-electron chi connectivity index (χ1n) is 10.6. The third-order valence-corrected chi connectivity index (χ3v) is 6.44. The summed E-state index contributed by atoms with van der Waals surface area (Å²) in [6.45, 7) is 6.74. The number of hydrogen-bond acceptors (Lipinski definition) is 5. The average molecular weight is 569 g/mol. The highest BCUT2D eigenvalue weighted by Gasteiger charge is 2.24. The zero-order valence-electron chi connectivity index (χ0n) is 18.8. The van der Waals surface area contributed by atoms with Gasteiger partial charge in [-0.15, -0.1) is 24.0 Å². The van der Waals surface area contributed by atoms with Gasteiger partial charge in [-0.05, 0) is 49.8 Å². The van der Waals surface area contributed by atoms with Crippen molar-refractivity contribution < 1.29 is 17.9 Å². The van der Waals surface area contributed by atoms with Gasteiger partial charge in [-0.2, -0.15) is 0 Å². The van der Waals surface area contributed by atoms with Crippen molar-refractivity contribution >= 4 is 40.0 Å². The lowest BCUT2D eigenvalue weighted by molar-refractivity contribution is 0.145. The quantitative estimate of drug-likeness (QED) is 0.185. The van der Waals surface area contributed by atoms with Crippen molar-refractivity contribution in [2.75, 3.05) is 52.8 Å². The van der Waals surface area contributed by atoms with Crippen LogP contribution in [0.15, 0.2) is 29.3 Å². The van der Waals surface area contributed by atoms with Gasteiger partial charge in [-0.3, -0.25) is 0 Å². The molecule has 0 spiro atoms. The molecule has 1 fully saturated rings. The minimum absolute atomic E-state index is 0. The predicted molar refractivity (Wildman–Crippen MR) is 136 cm³/mol. The summed E-state index contributed by atoms with van der Waals surface area (Å²) in [6, 6.07) is 7.89. The first kappa shape index (κ1) is 27.9. The lowest BCUT2D eigenvalue weighted by Crippen LogP contribution is -2.44. The Morgan fingerprint density at radius 1 is 1.19 bits per heavy atom. The Morgan fingerprint density at radius 2 is 1.87 bits per heavy atom. The summed E-state index contributed by atoms with van der Waals surface area (Å²) in [6.07, 6.45) is 3.90. The van der Waals surface area contributed by atoms with Crippen LogP contribution in [0.1, 0.15) is 31.7 Å². The van der Waals surface area contributed by atoms with Crippen LogP contribution < -0.4 is 15.4 Å². The number of hydrogen-bond donors (Lipinski definition) is 2. The van der Waals surface area contributed by atoms with E-state index in [2.05, 4.69) is 10.6 Å². The maximum Gasteiger partial charge on any atom is 0.211 e. The first-order valence-corrected chi connectivity index (χ1v) is 12.4. The standard InChI is InChI=1S/C21H36N4O4S.HI/c1-4-29-15-5-12-22-21(23-16-18-6-8-20(28-2)9-7-18)24-17-19-10-13-25(14-11-19)30(3,26)27;/h6-9,19H,4-5,10-17H2,1-3H3,(H2,22,23,24);1H. The number of sulfonamides is 1. The Labute approximate surface area is 204 Å².